The van der Waals surface area contributed by atoms with Gasteiger partial charge in [0.15, 0.2) is 0 Å². The standard InChI is InChI=1S/C21H16ClN3O4/c1-12(2)28-18-6-4-13(9-15(18)11-23)20-24-19(25-29-20)16-5-3-14(10-17(16)22)21-26-7-8-27-21/h3-10,12,21H,1-2H3. The molecule has 2 heterocycles. The van der Waals surface area contributed by atoms with E-state index in [1.165, 1.54) is 12.5 Å². The molecule has 0 bridgehead atoms. The summed E-state index contributed by atoms with van der Waals surface area (Å²) in [5, 5.41) is 13.9. The maximum Gasteiger partial charge on any atom is 0.266 e. The summed E-state index contributed by atoms with van der Waals surface area (Å²) in [5.41, 5.74) is 2.38. The number of benzene rings is 2. The van der Waals surface area contributed by atoms with Crippen LogP contribution in [0.25, 0.3) is 22.8 Å². The zero-order valence-corrected chi connectivity index (χ0v) is 16.4. The molecule has 0 fully saturated rings. The van der Waals surface area contributed by atoms with Crippen LogP contribution in [-0.2, 0) is 9.47 Å². The Hall–Kier alpha value is -3.50. The van der Waals surface area contributed by atoms with E-state index < -0.39 is 6.29 Å². The number of rotatable bonds is 5. The fraction of sp³-hybridized carbons (Fsp3) is 0.190. The number of aromatic nitrogens is 2. The van der Waals surface area contributed by atoms with Gasteiger partial charge in [-0.2, -0.15) is 10.2 Å². The SMILES string of the molecule is CC(C)Oc1ccc(-c2nc(-c3ccc(C4OC=CO4)cc3Cl)no2)cc1C#N. The van der Waals surface area contributed by atoms with Crippen LogP contribution in [-0.4, -0.2) is 16.2 Å². The first-order valence-electron chi connectivity index (χ1n) is 8.86. The van der Waals surface area contributed by atoms with E-state index in [4.69, 9.17) is 30.3 Å². The van der Waals surface area contributed by atoms with Crippen molar-refractivity contribution in [2.75, 3.05) is 0 Å². The molecule has 0 amide bonds. The molecule has 2 aromatic carbocycles. The Bertz CT molecular complexity index is 1110. The Morgan fingerprint density at radius 2 is 1.93 bits per heavy atom. The van der Waals surface area contributed by atoms with Crippen molar-refractivity contribution in [2.24, 2.45) is 0 Å². The number of nitrogens with zero attached hydrogens (tertiary/aromatic N) is 3. The highest BCUT2D eigenvalue weighted by Crippen LogP contribution is 2.33. The molecule has 0 unspecified atom stereocenters. The molecule has 146 valence electrons. The van der Waals surface area contributed by atoms with Gasteiger partial charge in [0, 0.05) is 16.7 Å². The lowest BCUT2D eigenvalue weighted by Crippen LogP contribution is -2.06. The Morgan fingerprint density at radius 3 is 2.62 bits per heavy atom. The van der Waals surface area contributed by atoms with Crippen molar-refractivity contribution < 1.29 is 18.7 Å². The van der Waals surface area contributed by atoms with Crippen molar-refractivity contribution in [1.29, 1.82) is 5.26 Å². The molecule has 0 saturated carbocycles. The van der Waals surface area contributed by atoms with Crippen LogP contribution in [0.15, 0.2) is 53.4 Å². The van der Waals surface area contributed by atoms with Gasteiger partial charge in [-0.3, -0.25) is 0 Å². The van der Waals surface area contributed by atoms with Gasteiger partial charge in [0.25, 0.3) is 12.2 Å². The van der Waals surface area contributed by atoms with Gasteiger partial charge in [-0.25, -0.2) is 0 Å². The van der Waals surface area contributed by atoms with E-state index in [9.17, 15) is 5.26 Å². The zero-order valence-electron chi connectivity index (χ0n) is 15.6. The van der Waals surface area contributed by atoms with Crippen LogP contribution < -0.4 is 4.74 Å². The van der Waals surface area contributed by atoms with Gasteiger partial charge in [0.1, 0.15) is 24.3 Å². The van der Waals surface area contributed by atoms with Crippen molar-refractivity contribution in [3.8, 4) is 34.7 Å². The molecular weight excluding hydrogens is 394 g/mol. The summed E-state index contributed by atoms with van der Waals surface area (Å²) in [6, 6.07) is 12.6. The molecule has 0 spiro atoms. The normalized spacial score (nSPS) is 13.2. The first kappa shape index (κ1) is 18.8. The Balaban J connectivity index is 1.61. The minimum atomic E-state index is -0.515. The second kappa shape index (κ2) is 7.86. The molecule has 3 aromatic rings. The summed E-state index contributed by atoms with van der Waals surface area (Å²) >= 11 is 6.40. The summed E-state index contributed by atoms with van der Waals surface area (Å²) in [5.74, 6) is 1.12. The van der Waals surface area contributed by atoms with Gasteiger partial charge in [-0.05, 0) is 44.2 Å². The van der Waals surface area contributed by atoms with Crippen molar-refractivity contribution >= 4 is 11.6 Å². The number of halogens is 1. The number of hydrogen-bond donors (Lipinski definition) is 0. The Kier molecular flexibility index (Phi) is 5.10. The van der Waals surface area contributed by atoms with Crippen LogP contribution in [0.4, 0.5) is 0 Å². The second-order valence-electron chi connectivity index (χ2n) is 6.53. The third-order valence-electron chi connectivity index (χ3n) is 4.10. The van der Waals surface area contributed by atoms with E-state index >= 15 is 0 Å². The summed E-state index contributed by atoms with van der Waals surface area (Å²) < 4.78 is 21.6. The fourth-order valence-corrected chi connectivity index (χ4v) is 3.09. The molecular formula is C21H16ClN3O4. The maximum atomic E-state index is 9.40. The molecule has 0 aliphatic carbocycles. The fourth-order valence-electron chi connectivity index (χ4n) is 2.81. The minimum absolute atomic E-state index is 0.0381. The number of nitriles is 1. The van der Waals surface area contributed by atoms with E-state index in [1.54, 1.807) is 30.3 Å². The summed E-state index contributed by atoms with van der Waals surface area (Å²) in [4.78, 5) is 4.42. The van der Waals surface area contributed by atoms with Gasteiger partial charge in [0.05, 0.1) is 16.7 Å². The lowest BCUT2D eigenvalue weighted by Gasteiger charge is -2.11. The molecule has 8 heteroatoms. The Morgan fingerprint density at radius 1 is 1.14 bits per heavy atom. The summed E-state index contributed by atoms with van der Waals surface area (Å²) in [7, 11) is 0. The van der Waals surface area contributed by atoms with Gasteiger partial charge in [-0.15, -0.1) is 0 Å². The topological polar surface area (TPSA) is 90.4 Å². The molecule has 0 saturated heterocycles. The third-order valence-corrected chi connectivity index (χ3v) is 4.41. The van der Waals surface area contributed by atoms with Crippen LogP contribution >= 0.6 is 11.6 Å². The predicted octanol–water partition coefficient (Wildman–Crippen LogP) is 5.23. The van der Waals surface area contributed by atoms with Crippen LogP contribution in [0.2, 0.25) is 5.02 Å². The largest absolute Gasteiger partial charge is 0.490 e. The predicted molar refractivity (Wildman–Crippen MR) is 105 cm³/mol. The average molecular weight is 410 g/mol. The molecule has 0 radical (unpaired) electrons. The van der Waals surface area contributed by atoms with E-state index in [0.717, 1.165) is 5.56 Å². The molecule has 0 N–H and O–H groups in total. The second-order valence-corrected chi connectivity index (χ2v) is 6.94. The van der Waals surface area contributed by atoms with Crippen LogP contribution in [0.3, 0.4) is 0 Å². The van der Waals surface area contributed by atoms with Crippen molar-refractivity contribution in [3.05, 3.63) is 65.1 Å². The first-order valence-corrected chi connectivity index (χ1v) is 9.23. The van der Waals surface area contributed by atoms with Crippen molar-refractivity contribution in [2.45, 2.75) is 26.2 Å². The van der Waals surface area contributed by atoms with Gasteiger partial charge in [0.2, 0.25) is 5.82 Å². The molecule has 1 aromatic heterocycles. The molecule has 1 aliphatic heterocycles. The number of ether oxygens (including phenoxy) is 3. The smallest absolute Gasteiger partial charge is 0.266 e. The monoisotopic (exact) mass is 409 g/mol. The summed E-state index contributed by atoms with van der Waals surface area (Å²) in [6.07, 6.45) is 2.40. The molecule has 4 rings (SSSR count). The number of hydrogen-bond acceptors (Lipinski definition) is 7. The van der Waals surface area contributed by atoms with Gasteiger partial charge in [-0.1, -0.05) is 22.8 Å². The zero-order chi connectivity index (χ0) is 20.4. The summed E-state index contributed by atoms with van der Waals surface area (Å²) in [6.45, 7) is 3.80. The molecule has 0 atom stereocenters. The highest BCUT2D eigenvalue weighted by atomic mass is 35.5. The van der Waals surface area contributed by atoms with E-state index in [1.807, 2.05) is 19.9 Å². The first-order chi connectivity index (χ1) is 14.0. The highest BCUT2D eigenvalue weighted by molar-refractivity contribution is 6.33. The molecule has 29 heavy (non-hydrogen) atoms. The average Bonchev–Trinajstić information content (AvgIpc) is 3.40. The van der Waals surface area contributed by atoms with Crippen LogP contribution in [0.1, 0.15) is 31.3 Å². The van der Waals surface area contributed by atoms with Crippen LogP contribution in [0, 0.1) is 11.3 Å². The van der Waals surface area contributed by atoms with Crippen molar-refractivity contribution in [3.63, 3.8) is 0 Å². The lowest BCUT2D eigenvalue weighted by atomic mass is 10.1. The van der Waals surface area contributed by atoms with E-state index in [-0.39, 0.29) is 12.0 Å². The van der Waals surface area contributed by atoms with E-state index in [2.05, 4.69) is 16.2 Å². The maximum absolute atomic E-state index is 9.40. The Labute approximate surface area is 172 Å². The molecule has 7 nitrogen and oxygen atoms in total. The molecule has 1 aliphatic rings. The minimum Gasteiger partial charge on any atom is -0.490 e. The van der Waals surface area contributed by atoms with Gasteiger partial charge < -0.3 is 18.7 Å². The lowest BCUT2D eigenvalue weighted by molar-refractivity contribution is -0.0245. The van der Waals surface area contributed by atoms with E-state index in [0.29, 0.717) is 33.3 Å². The highest BCUT2D eigenvalue weighted by Gasteiger charge is 2.19. The van der Waals surface area contributed by atoms with Gasteiger partial charge >= 0.3 is 0 Å². The van der Waals surface area contributed by atoms with Crippen molar-refractivity contribution in [1.82, 2.24) is 10.1 Å². The quantitative estimate of drug-likeness (QED) is 0.569. The third kappa shape index (κ3) is 3.89. The van der Waals surface area contributed by atoms with Crippen LogP contribution in [0.5, 0.6) is 5.75 Å².